The SMILES string of the molecule is CC(C)(O)c1ccccc1Oc1cccc(Br)c1. The van der Waals surface area contributed by atoms with Gasteiger partial charge in [-0.05, 0) is 38.1 Å². The Hall–Kier alpha value is -1.32. The lowest BCUT2D eigenvalue weighted by molar-refractivity contribution is 0.0762. The zero-order chi connectivity index (χ0) is 13.2. The highest BCUT2D eigenvalue weighted by molar-refractivity contribution is 9.10. The lowest BCUT2D eigenvalue weighted by atomic mass is 9.97. The van der Waals surface area contributed by atoms with Crippen LogP contribution in [0.3, 0.4) is 0 Å². The molecule has 0 unspecified atom stereocenters. The van der Waals surface area contributed by atoms with Gasteiger partial charge in [-0.2, -0.15) is 0 Å². The summed E-state index contributed by atoms with van der Waals surface area (Å²) in [4.78, 5) is 0. The van der Waals surface area contributed by atoms with E-state index in [2.05, 4.69) is 15.9 Å². The fourth-order valence-corrected chi connectivity index (χ4v) is 2.10. The van der Waals surface area contributed by atoms with Crippen LogP contribution in [-0.2, 0) is 5.60 Å². The molecule has 0 bridgehead atoms. The zero-order valence-corrected chi connectivity index (χ0v) is 11.9. The van der Waals surface area contributed by atoms with Crippen molar-refractivity contribution < 1.29 is 9.84 Å². The summed E-state index contributed by atoms with van der Waals surface area (Å²) in [5.74, 6) is 1.41. The quantitative estimate of drug-likeness (QED) is 0.906. The summed E-state index contributed by atoms with van der Waals surface area (Å²) in [6.07, 6.45) is 0. The van der Waals surface area contributed by atoms with Crippen molar-refractivity contribution in [1.29, 1.82) is 0 Å². The van der Waals surface area contributed by atoms with Crippen LogP contribution in [0.2, 0.25) is 0 Å². The lowest BCUT2D eigenvalue weighted by Crippen LogP contribution is -2.16. The average molecular weight is 307 g/mol. The molecule has 2 aromatic carbocycles. The van der Waals surface area contributed by atoms with Gasteiger partial charge in [-0.15, -0.1) is 0 Å². The maximum Gasteiger partial charge on any atom is 0.133 e. The third-order valence-corrected chi connectivity index (χ3v) is 3.06. The van der Waals surface area contributed by atoms with Gasteiger partial charge in [0.05, 0.1) is 5.60 Å². The molecule has 0 aliphatic heterocycles. The molecule has 1 N–H and O–H groups in total. The van der Waals surface area contributed by atoms with Crippen molar-refractivity contribution in [3.63, 3.8) is 0 Å². The molecule has 3 heteroatoms. The molecule has 0 heterocycles. The second kappa shape index (κ2) is 5.12. The summed E-state index contributed by atoms with van der Waals surface area (Å²) in [5.41, 5.74) is -0.159. The van der Waals surface area contributed by atoms with Crippen molar-refractivity contribution in [2.75, 3.05) is 0 Å². The molecule has 18 heavy (non-hydrogen) atoms. The predicted molar refractivity (Wildman–Crippen MR) is 75.9 cm³/mol. The number of benzene rings is 2. The summed E-state index contributed by atoms with van der Waals surface area (Å²) in [6, 6.07) is 15.1. The van der Waals surface area contributed by atoms with Gasteiger partial charge in [0.1, 0.15) is 11.5 Å². The zero-order valence-electron chi connectivity index (χ0n) is 10.4. The van der Waals surface area contributed by atoms with Crippen LogP contribution < -0.4 is 4.74 Å². The molecule has 0 spiro atoms. The molecule has 2 rings (SSSR count). The minimum absolute atomic E-state index is 0.670. The van der Waals surface area contributed by atoms with Crippen molar-refractivity contribution in [2.24, 2.45) is 0 Å². The van der Waals surface area contributed by atoms with Crippen LogP contribution in [0.25, 0.3) is 0 Å². The Morgan fingerprint density at radius 1 is 1.06 bits per heavy atom. The maximum atomic E-state index is 10.1. The van der Waals surface area contributed by atoms with Gasteiger partial charge in [0.2, 0.25) is 0 Å². The molecule has 0 radical (unpaired) electrons. The van der Waals surface area contributed by atoms with Crippen molar-refractivity contribution in [3.05, 3.63) is 58.6 Å². The molecule has 0 saturated carbocycles. The molecule has 0 fully saturated rings. The first-order valence-corrected chi connectivity index (χ1v) is 6.51. The van der Waals surface area contributed by atoms with E-state index < -0.39 is 5.60 Å². The summed E-state index contributed by atoms with van der Waals surface area (Å²) in [6.45, 7) is 3.49. The molecular weight excluding hydrogens is 292 g/mol. The Bertz CT molecular complexity index is 544. The topological polar surface area (TPSA) is 29.5 Å². The Morgan fingerprint density at radius 3 is 2.44 bits per heavy atom. The van der Waals surface area contributed by atoms with Crippen molar-refractivity contribution in [1.82, 2.24) is 0 Å². The van der Waals surface area contributed by atoms with E-state index in [0.29, 0.717) is 5.75 Å². The van der Waals surface area contributed by atoms with E-state index in [9.17, 15) is 5.11 Å². The number of hydrogen-bond acceptors (Lipinski definition) is 2. The van der Waals surface area contributed by atoms with Crippen LogP contribution in [0.1, 0.15) is 19.4 Å². The Balaban J connectivity index is 2.35. The van der Waals surface area contributed by atoms with Gasteiger partial charge in [0, 0.05) is 10.0 Å². The third-order valence-electron chi connectivity index (χ3n) is 2.57. The standard InChI is InChI=1S/C15H15BrO2/c1-15(2,17)13-8-3-4-9-14(13)18-12-7-5-6-11(16)10-12/h3-10,17H,1-2H3. The fourth-order valence-electron chi connectivity index (χ4n) is 1.72. The van der Waals surface area contributed by atoms with Crippen LogP contribution in [0.5, 0.6) is 11.5 Å². The van der Waals surface area contributed by atoms with Crippen LogP contribution in [0.15, 0.2) is 53.0 Å². The lowest BCUT2D eigenvalue weighted by Gasteiger charge is -2.21. The van der Waals surface area contributed by atoms with Crippen LogP contribution in [-0.4, -0.2) is 5.11 Å². The van der Waals surface area contributed by atoms with E-state index >= 15 is 0 Å². The van der Waals surface area contributed by atoms with E-state index in [1.54, 1.807) is 13.8 Å². The number of aliphatic hydroxyl groups is 1. The van der Waals surface area contributed by atoms with Crippen molar-refractivity contribution in [2.45, 2.75) is 19.4 Å². The van der Waals surface area contributed by atoms with Gasteiger partial charge in [0.15, 0.2) is 0 Å². The Labute approximate surface area is 115 Å². The molecule has 0 atom stereocenters. The van der Waals surface area contributed by atoms with Gasteiger partial charge >= 0.3 is 0 Å². The summed E-state index contributed by atoms with van der Waals surface area (Å²) < 4.78 is 6.79. The summed E-state index contributed by atoms with van der Waals surface area (Å²) in [7, 11) is 0. The van der Waals surface area contributed by atoms with Crippen molar-refractivity contribution >= 4 is 15.9 Å². The second-order valence-electron chi connectivity index (χ2n) is 4.61. The largest absolute Gasteiger partial charge is 0.457 e. The molecule has 0 saturated heterocycles. The van der Waals surface area contributed by atoms with E-state index in [0.717, 1.165) is 15.8 Å². The molecule has 0 aliphatic rings. The van der Waals surface area contributed by atoms with Gasteiger partial charge in [-0.3, -0.25) is 0 Å². The molecule has 0 amide bonds. The fraction of sp³-hybridized carbons (Fsp3) is 0.200. The van der Waals surface area contributed by atoms with E-state index in [4.69, 9.17) is 4.74 Å². The van der Waals surface area contributed by atoms with Gasteiger partial charge in [-0.25, -0.2) is 0 Å². The second-order valence-corrected chi connectivity index (χ2v) is 5.53. The first-order chi connectivity index (χ1) is 8.47. The van der Waals surface area contributed by atoms with Gasteiger partial charge in [0.25, 0.3) is 0 Å². The molecular formula is C15H15BrO2. The minimum atomic E-state index is -0.928. The first-order valence-electron chi connectivity index (χ1n) is 5.72. The van der Waals surface area contributed by atoms with Gasteiger partial charge in [-0.1, -0.05) is 40.2 Å². The number of rotatable bonds is 3. The maximum absolute atomic E-state index is 10.1. The number of para-hydroxylation sites is 1. The smallest absolute Gasteiger partial charge is 0.133 e. The minimum Gasteiger partial charge on any atom is -0.457 e. The summed E-state index contributed by atoms with van der Waals surface area (Å²) >= 11 is 3.40. The van der Waals surface area contributed by atoms with E-state index in [-0.39, 0.29) is 0 Å². The predicted octanol–water partition coefficient (Wildman–Crippen LogP) is 4.47. The third kappa shape index (κ3) is 3.12. The van der Waals surface area contributed by atoms with E-state index in [1.165, 1.54) is 0 Å². The normalized spacial score (nSPS) is 11.3. The average Bonchev–Trinajstić information content (AvgIpc) is 2.28. The molecule has 2 nitrogen and oxygen atoms in total. The molecule has 0 aromatic heterocycles. The number of halogens is 1. The van der Waals surface area contributed by atoms with Crippen molar-refractivity contribution in [3.8, 4) is 11.5 Å². The van der Waals surface area contributed by atoms with Gasteiger partial charge < -0.3 is 9.84 Å². The highest BCUT2D eigenvalue weighted by atomic mass is 79.9. The Morgan fingerprint density at radius 2 is 1.78 bits per heavy atom. The first kappa shape index (κ1) is 13.1. The number of hydrogen-bond donors (Lipinski definition) is 1. The van der Waals surface area contributed by atoms with E-state index in [1.807, 2.05) is 48.5 Å². The monoisotopic (exact) mass is 306 g/mol. The molecule has 0 aliphatic carbocycles. The number of ether oxygens (including phenoxy) is 1. The highest BCUT2D eigenvalue weighted by Gasteiger charge is 2.20. The molecule has 2 aromatic rings. The highest BCUT2D eigenvalue weighted by Crippen LogP contribution is 2.33. The Kier molecular flexibility index (Phi) is 3.73. The summed E-state index contributed by atoms with van der Waals surface area (Å²) in [5, 5.41) is 10.1. The van der Waals surface area contributed by atoms with Crippen LogP contribution in [0.4, 0.5) is 0 Å². The van der Waals surface area contributed by atoms with Crippen LogP contribution >= 0.6 is 15.9 Å². The van der Waals surface area contributed by atoms with Crippen LogP contribution in [0, 0.1) is 0 Å². The molecule has 94 valence electrons.